The number of anilines is 1. The number of benzene rings is 2. The number of methoxy groups -OCH3 is 2. The number of carbonyl (C=O) groups excluding carboxylic acids is 2. The molecule has 0 saturated heterocycles. The first-order valence-electron chi connectivity index (χ1n) is 11.0. The van der Waals surface area contributed by atoms with Gasteiger partial charge in [0.25, 0.3) is 0 Å². The molecule has 0 fully saturated rings. The fraction of sp³-hybridized carbons (Fsp3) is 0.417. The van der Waals surface area contributed by atoms with Crippen molar-refractivity contribution in [1.29, 1.82) is 0 Å². The summed E-state index contributed by atoms with van der Waals surface area (Å²) in [6.07, 6.45) is 1.77. The smallest absolute Gasteiger partial charge is 0.244 e. The van der Waals surface area contributed by atoms with Gasteiger partial charge in [-0.2, -0.15) is 0 Å². The number of rotatable bonds is 12. The van der Waals surface area contributed by atoms with Crippen LogP contribution in [0.2, 0.25) is 0 Å². The molecular weight excluding hydrogens is 538 g/mol. The van der Waals surface area contributed by atoms with Crippen molar-refractivity contribution >= 4 is 43.5 Å². The van der Waals surface area contributed by atoms with E-state index < -0.39 is 28.5 Å². The summed E-state index contributed by atoms with van der Waals surface area (Å²) in [5, 5.41) is 2.80. The summed E-state index contributed by atoms with van der Waals surface area (Å²) in [7, 11) is -0.939. The van der Waals surface area contributed by atoms with E-state index in [2.05, 4.69) is 21.2 Å². The van der Waals surface area contributed by atoms with Crippen molar-refractivity contribution in [2.24, 2.45) is 0 Å². The lowest BCUT2D eigenvalue weighted by Gasteiger charge is -2.31. The van der Waals surface area contributed by atoms with Crippen LogP contribution in [-0.4, -0.2) is 64.7 Å². The predicted molar refractivity (Wildman–Crippen MR) is 139 cm³/mol. The molecule has 35 heavy (non-hydrogen) atoms. The van der Waals surface area contributed by atoms with Gasteiger partial charge < -0.3 is 19.7 Å². The Hall–Kier alpha value is -2.79. The fourth-order valence-corrected chi connectivity index (χ4v) is 4.69. The van der Waals surface area contributed by atoms with Crippen LogP contribution in [0.1, 0.15) is 25.8 Å². The summed E-state index contributed by atoms with van der Waals surface area (Å²) < 4.78 is 37.7. The Labute approximate surface area is 215 Å². The zero-order valence-electron chi connectivity index (χ0n) is 20.6. The highest BCUT2D eigenvalue weighted by atomic mass is 79.9. The van der Waals surface area contributed by atoms with E-state index in [9.17, 15) is 18.0 Å². The third kappa shape index (κ3) is 7.86. The fourth-order valence-electron chi connectivity index (χ4n) is 3.40. The molecule has 2 aromatic rings. The van der Waals surface area contributed by atoms with Crippen LogP contribution in [0.25, 0.3) is 0 Å². The van der Waals surface area contributed by atoms with Gasteiger partial charge in [-0.05, 0) is 43.2 Å². The Morgan fingerprint density at radius 3 is 2.34 bits per heavy atom. The summed E-state index contributed by atoms with van der Waals surface area (Å²) >= 11 is 3.42. The first-order chi connectivity index (χ1) is 16.5. The Morgan fingerprint density at radius 2 is 1.77 bits per heavy atom. The second kappa shape index (κ2) is 12.8. The monoisotopic (exact) mass is 569 g/mol. The van der Waals surface area contributed by atoms with Crippen LogP contribution < -0.4 is 19.1 Å². The molecule has 11 heteroatoms. The average molecular weight is 571 g/mol. The van der Waals surface area contributed by atoms with Gasteiger partial charge in [0.15, 0.2) is 11.5 Å². The molecule has 0 unspecified atom stereocenters. The summed E-state index contributed by atoms with van der Waals surface area (Å²) in [4.78, 5) is 27.6. The van der Waals surface area contributed by atoms with Crippen LogP contribution in [0, 0.1) is 0 Å². The van der Waals surface area contributed by atoms with Gasteiger partial charge in [0.05, 0.1) is 26.2 Å². The zero-order chi connectivity index (χ0) is 26.2. The minimum atomic E-state index is -3.85. The third-order valence-electron chi connectivity index (χ3n) is 5.29. The number of halogens is 1. The number of ether oxygens (including phenoxy) is 2. The predicted octanol–water partition coefficient (Wildman–Crippen LogP) is 3.18. The van der Waals surface area contributed by atoms with E-state index >= 15 is 0 Å². The highest BCUT2D eigenvalue weighted by molar-refractivity contribution is 9.10. The van der Waals surface area contributed by atoms with E-state index in [0.29, 0.717) is 18.0 Å². The largest absolute Gasteiger partial charge is 0.493 e. The van der Waals surface area contributed by atoms with Gasteiger partial charge in [-0.3, -0.25) is 13.9 Å². The molecule has 2 rings (SSSR count). The van der Waals surface area contributed by atoms with E-state index in [-0.39, 0.29) is 18.1 Å². The first kappa shape index (κ1) is 28.4. The van der Waals surface area contributed by atoms with Crippen LogP contribution >= 0.6 is 15.9 Å². The summed E-state index contributed by atoms with van der Waals surface area (Å²) in [5.74, 6) is -0.0884. The van der Waals surface area contributed by atoms with Gasteiger partial charge in [-0.1, -0.05) is 35.0 Å². The lowest BCUT2D eigenvalue weighted by molar-refractivity contribution is -0.139. The molecule has 2 amide bonds. The van der Waals surface area contributed by atoms with Gasteiger partial charge >= 0.3 is 0 Å². The van der Waals surface area contributed by atoms with Gasteiger partial charge in [-0.15, -0.1) is 0 Å². The van der Waals surface area contributed by atoms with Crippen LogP contribution in [-0.2, 0) is 26.2 Å². The number of nitrogens with one attached hydrogen (secondary N) is 1. The van der Waals surface area contributed by atoms with Crippen LogP contribution in [0.4, 0.5) is 5.69 Å². The molecule has 0 saturated carbocycles. The normalized spacial score (nSPS) is 11.9. The third-order valence-corrected chi connectivity index (χ3v) is 6.93. The van der Waals surface area contributed by atoms with E-state index in [1.807, 2.05) is 31.2 Å². The first-order valence-corrected chi connectivity index (χ1v) is 13.7. The van der Waals surface area contributed by atoms with Crippen molar-refractivity contribution in [1.82, 2.24) is 10.2 Å². The number of hydrogen-bond acceptors (Lipinski definition) is 6. The SMILES string of the molecule is CCCNC(=O)[C@H](C)N(Cc1cccc(Br)c1)C(=O)CN(c1ccc(OC)c(OC)c1)S(C)(=O)=O. The van der Waals surface area contributed by atoms with Crippen LogP contribution in [0.15, 0.2) is 46.9 Å². The second-order valence-corrected chi connectivity index (χ2v) is 10.7. The van der Waals surface area contributed by atoms with Crippen molar-refractivity contribution < 1.29 is 27.5 Å². The maximum Gasteiger partial charge on any atom is 0.244 e. The minimum Gasteiger partial charge on any atom is -0.493 e. The van der Waals surface area contributed by atoms with Crippen molar-refractivity contribution in [3.05, 3.63) is 52.5 Å². The molecule has 0 radical (unpaired) electrons. The van der Waals surface area contributed by atoms with Gasteiger partial charge in [0.1, 0.15) is 12.6 Å². The number of hydrogen-bond donors (Lipinski definition) is 1. The topological polar surface area (TPSA) is 105 Å². The highest BCUT2D eigenvalue weighted by Crippen LogP contribution is 2.32. The minimum absolute atomic E-state index is 0.128. The lowest BCUT2D eigenvalue weighted by atomic mass is 10.1. The van der Waals surface area contributed by atoms with Crippen molar-refractivity contribution in [3.63, 3.8) is 0 Å². The molecule has 0 spiro atoms. The molecule has 0 aliphatic heterocycles. The summed E-state index contributed by atoms with van der Waals surface area (Å²) in [6.45, 7) is 3.67. The molecule has 0 aliphatic rings. The van der Waals surface area contributed by atoms with Gasteiger partial charge in [0, 0.05) is 23.6 Å². The van der Waals surface area contributed by atoms with Gasteiger partial charge in [0.2, 0.25) is 21.8 Å². The molecule has 2 aromatic carbocycles. The van der Waals surface area contributed by atoms with Crippen LogP contribution in [0.5, 0.6) is 11.5 Å². The zero-order valence-corrected chi connectivity index (χ0v) is 23.0. The molecule has 192 valence electrons. The van der Waals surface area contributed by atoms with E-state index in [1.54, 1.807) is 13.0 Å². The number of sulfonamides is 1. The van der Waals surface area contributed by atoms with E-state index in [0.717, 1.165) is 27.0 Å². The molecule has 0 aromatic heterocycles. The molecule has 0 heterocycles. The van der Waals surface area contributed by atoms with Gasteiger partial charge in [-0.25, -0.2) is 8.42 Å². The quantitative estimate of drug-likeness (QED) is 0.421. The Kier molecular flexibility index (Phi) is 10.4. The van der Waals surface area contributed by atoms with Crippen molar-refractivity contribution in [2.75, 3.05) is 37.9 Å². The molecule has 1 N–H and O–H groups in total. The van der Waals surface area contributed by atoms with E-state index in [4.69, 9.17) is 9.47 Å². The standard InChI is InChI=1S/C24H32BrN3O6S/c1-6-12-26-24(30)17(2)27(15-18-8-7-9-19(25)13-18)23(29)16-28(35(5,31)32)20-10-11-21(33-3)22(14-20)34-4/h7-11,13-14,17H,6,12,15-16H2,1-5H3,(H,26,30)/t17-/m0/s1. The number of carbonyl (C=O) groups is 2. The molecule has 0 aliphatic carbocycles. The maximum atomic E-state index is 13.5. The van der Waals surface area contributed by atoms with E-state index in [1.165, 1.54) is 31.3 Å². The Balaban J connectivity index is 2.42. The molecule has 9 nitrogen and oxygen atoms in total. The Morgan fingerprint density at radius 1 is 1.09 bits per heavy atom. The second-order valence-electron chi connectivity index (χ2n) is 7.93. The van der Waals surface area contributed by atoms with Crippen molar-refractivity contribution in [3.8, 4) is 11.5 Å². The van der Waals surface area contributed by atoms with Crippen molar-refractivity contribution in [2.45, 2.75) is 32.9 Å². The molecular formula is C24H32BrN3O6S. The summed E-state index contributed by atoms with van der Waals surface area (Å²) in [6, 6.07) is 11.1. The summed E-state index contributed by atoms with van der Waals surface area (Å²) in [5.41, 5.74) is 1.03. The number of nitrogens with zero attached hydrogens (tertiary/aromatic N) is 2. The molecule has 1 atom stereocenters. The Bertz CT molecular complexity index is 1140. The average Bonchev–Trinajstić information content (AvgIpc) is 2.82. The number of amides is 2. The molecule has 0 bridgehead atoms. The van der Waals surface area contributed by atoms with Crippen LogP contribution in [0.3, 0.4) is 0 Å². The maximum absolute atomic E-state index is 13.5. The lowest BCUT2D eigenvalue weighted by Crippen LogP contribution is -2.51. The highest BCUT2D eigenvalue weighted by Gasteiger charge is 2.30.